The van der Waals surface area contributed by atoms with Gasteiger partial charge in [0.1, 0.15) is 5.82 Å². The molecule has 0 atom stereocenters. The number of carbonyl (C=O) groups is 2. The summed E-state index contributed by atoms with van der Waals surface area (Å²) in [5.41, 5.74) is 2.54. The minimum absolute atomic E-state index is 0.0506. The molecule has 1 aliphatic rings. The van der Waals surface area contributed by atoms with E-state index in [9.17, 15) is 14.0 Å². The van der Waals surface area contributed by atoms with E-state index >= 15 is 0 Å². The Bertz CT molecular complexity index is 1140. The molecule has 3 aromatic rings. The number of Topliss-reactive ketones (excluding diaryl/α,β-unsaturated/α-hetero) is 1. The predicted molar refractivity (Wildman–Crippen MR) is 115 cm³/mol. The molecule has 0 radical (unpaired) electrons. The van der Waals surface area contributed by atoms with Crippen LogP contribution >= 0.6 is 11.6 Å². The molecule has 0 bridgehead atoms. The van der Waals surface area contributed by atoms with E-state index in [-0.39, 0.29) is 30.5 Å². The number of rotatable bonds is 5. The van der Waals surface area contributed by atoms with E-state index in [2.05, 4.69) is 0 Å². The fourth-order valence-corrected chi connectivity index (χ4v) is 3.91. The summed E-state index contributed by atoms with van der Waals surface area (Å²) in [5.74, 6) is -0.749. The second-order valence-corrected chi connectivity index (χ2v) is 7.48. The fourth-order valence-electron chi connectivity index (χ4n) is 3.69. The van der Waals surface area contributed by atoms with Crippen molar-refractivity contribution in [3.05, 3.63) is 112 Å². The van der Waals surface area contributed by atoms with E-state index in [0.29, 0.717) is 33.8 Å². The monoisotopic (exact) mass is 419 g/mol. The highest BCUT2D eigenvalue weighted by molar-refractivity contribution is 6.35. The van der Waals surface area contributed by atoms with E-state index in [4.69, 9.17) is 11.6 Å². The molecule has 0 saturated heterocycles. The van der Waals surface area contributed by atoms with E-state index in [0.717, 1.165) is 5.56 Å². The molecule has 3 aromatic carbocycles. The lowest BCUT2D eigenvalue weighted by atomic mass is 9.90. The Morgan fingerprint density at radius 2 is 1.57 bits per heavy atom. The van der Waals surface area contributed by atoms with Crippen LogP contribution in [0, 0.1) is 5.82 Å². The van der Waals surface area contributed by atoms with E-state index < -0.39 is 0 Å². The molecular weight excluding hydrogens is 401 g/mol. The second-order valence-electron chi connectivity index (χ2n) is 7.07. The van der Waals surface area contributed by atoms with Gasteiger partial charge in [0.2, 0.25) is 5.91 Å². The maximum atomic E-state index is 14.3. The molecule has 1 aliphatic heterocycles. The third kappa shape index (κ3) is 3.91. The van der Waals surface area contributed by atoms with Crippen LogP contribution in [0.15, 0.2) is 84.4 Å². The Balaban J connectivity index is 1.87. The van der Waals surface area contributed by atoms with Gasteiger partial charge >= 0.3 is 0 Å². The van der Waals surface area contributed by atoms with Gasteiger partial charge in [0.05, 0.1) is 17.3 Å². The molecule has 4 rings (SSSR count). The standard InChI is InChI=1S/C25H19ClFNO2/c26-21-12-6-5-11-19(21)25(30)20-14-15-23(29)28(16-18-10-4-7-13-22(18)27)24(20)17-8-2-1-3-9-17/h1-13H,14-16H2. The van der Waals surface area contributed by atoms with Gasteiger partial charge in [-0.05, 0) is 30.2 Å². The zero-order chi connectivity index (χ0) is 21.1. The SMILES string of the molecule is O=C(C1=C(c2ccccc2)N(Cc2ccccc2F)C(=O)CC1)c1ccccc1Cl. The van der Waals surface area contributed by atoms with Crippen LogP contribution in [0.25, 0.3) is 5.70 Å². The maximum absolute atomic E-state index is 14.3. The molecule has 1 amide bonds. The number of ketones is 1. The lowest BCUT2D eigenvalue weighted by Crippen LogP contribution is -2.35. The normalized spacial score (nSPS) is 14.2. The predicted octanol–water partition coefficient (Wildman–Crippen LogP) is 5.90. The minimum Gasteiger partial charge on any atom is -0.307 e. The molecule has 0 N–H and O–H groups in total. The van der Waals surface area contributed by atoms with Crippen molar-refractivity contribution in [2.24, 2.45) is 0 Å². The summed E-state index contributed by atoms with van der Waals surface area (Å²) in [6.45, 7) is 0.0506. The van der Waals surface area contributed by atoms with Crippen LogP contribution < -0.4 is 0 Å². The summed E-state index contributed by atoms with van der Waals surface area (Å²) in [6, 6.07) is 22.5. The highest BCUT2D eigenvalue weighted by atomic mass is 35.5. The van der Waals surface area contributed by atoms with Gasteiger partial charge in [0.15, 0.2) is 5.78 Å². The third-order valence-corrected chi connectivity index (χ3v) is 5.50. The van der Waals surface area contributed by atoms with Crippen LogP contribution in [0.2, 0.25) is 5.02 Å². The number of amides is 1. The largest absolute Gasteiger partial charge is 0.307 e. The highest BCUT2D eigenvalue weighted by Gasteiger charge is 2.32. The van der Waals surface area contributed by atoms with Crippen molar-refractivity contribution in [1.82, 2.24) is 4.90 Å². The molecule has 0 spiro atoms. The van der Waals surface area contributed by atoms with Crippen molar-refractivity contribution >= 4 is 29.0 Å². The summed E-state index contributed by atoms with van der Waals surface area (Å²) in [6.07, 6.45) is 0.483. The van der Waals surface area contributed by atoms with E-state index in [1.54, 1.807) is 42.5 Å². The summed E-state index contributed by atoms with van der Waals surface area (Å²) >= 11 is 6.27. The molecule has 0 aromatic heterocycles. The quantitative estimate of drug-likeness (QED) is 0.483. The van der Waals surface area contributed by atoms with Crippen LogP contribution in [0.3, 0.4) is 0 Å². The second kappa shape index (κ2) is 8.64. The minimum atomic E-state index is -0.387. The topological polar surface area (TPSA) is 37.4 Å². The Hall–Kier alpha value is -3.24. The number of benzene rings is 3. The van der Waals surface area contributed by atoms with Crippen LogP contribution in [-0.4, -0.2) is 16.6 Å². The Labute approximate surface area is 179 Å². The lowest BCUT2D eigenvalue weighted by Gasteiger charge is -2.32. The molecule has 0 fully saturated rings. The van der Waals surface area contributed by atoms with Gasteiger partial charge in [0, 0.05) is 23.1 Å². The molecule has 3 nitrogen and oxygen atoms in total. The lowest BCUT2D eigenvalue weighted by molar-refractivity contribution is -0.128. The number of nitrogens with zero attached hydrogens (tertiary/aromatic N) is 1. The number of hydrogen-bond donors (Lipinski definition) is 0. The van der Waals surface area contributed by atoms with Gasteiger partial charge < -0.3 is 4.90 Å². The van der Waals surface area contributed by atoms with Gasteiger partial charge in [-0.2, -0.15) is 0 Å². The van der Waals surface area contributed by atoms with Crippen molar-refractivity contribution in [3.63, 3.8) is 0 Å². The van der Waals surface area contributed by atoms with Gasteiger partial charge in [-0.3, -0.25) is 9.59 Å². The zero-order valence-electron chi connectivity index (χ0n) is 16.1. The molecule has 0 aliphatic carbocycles. The fraction of sp³-hybridized carbons (Fsp3) is 0.120. The third-order valence-electron chi connectivity index (χ3n) is 5.17. The van der Waals surface area contributed by atoms with E-state index in [1.807, 2.05) is 30.3 Å². The summed E-state index contributed by atoms with van der Waals surface area (Å²) in [5, 5.41) is 0.361. The summed E-state index contributed by atoms with van der Waals surface area (Å²) in [7, 11) is 0. The van der Waals surface area contributed by atoms with Crippen LogP contribution in [0.4, 0.5) is 4.39 Å². The van der Waals surface area contributed by atoms with Crippen LogP contribution in [0.5, 0.6) is 0 Å². The van der Waals surface area contributed by atoms with Gasteiger partial charge in [-0.1, -0.05) is 72.3 Å². The highest BCUT2D eigenvalue weighted by Crippen LogP contribution is 2.35. The Morgan fingerprint density at radius 1 is 0.900 bits per heavy atom. The maximum Gasteiger partial charge on any atom is 0.227 e. The zero-order valence-corrected chi connectivity index (χ0v) is 16.9. The number of halogens is 2. The van der Waals surface area contributed by atoms with Gasteiger partial charge in [0.25, 0.3) is 0 Å². The van der Waals surface area contributed by atoms with E-state index in [1.165, 1.54) is 11.0 Å². The van der Waals surface area contributed by atoms with Crippen molar-refractivity contribution in [2.45, 2.75) is 19.4 Å². The smallest absolute Gasteiger partial charge is 0.227 e. The average Bonchev–Trinajstić information content (AvgIpc) is 2.77. The van der Waals surface area contributed by atoms with Crippen molar-refractivity contribution in [2.75, 3.05) is 0 Å². The summed E-state index contributed by atoms with van der Waals surface area (Å²) in [4.78, 5) is 27.8. The van der Waals surface area contributed by atoms with Crippen molar-refractivity contribution < 1.29 is 14.0 Å². The van der Waals surface area contributed by atoms with Crippen molar-refractivity contribution in [3.8, 4) is 0 Å². The molecule has 1 heterocycles. The molecule has 5 heteroatoms. The molecule has 0 unspecified atom stereocenters. The first-order valence-corrected chi connectivity index (χ1v) is 10.1. The molecule has 0 saturated carbocycles. The molecule has 30 heavy (non-hydrogen) atoms. The Morgan fingerprint density at radius 3 is 2.30 bits per heavy atom. The first-order chi connectivity index (χ1) is 14.6. The van der Waals surface area contributed by atoms with Crippen LogP contribution in [0.1, 0.15) is 34.3 Å². The van der Waals surface area contributed by atoms with Gasteiger partial charge in [-0.25, -0.2) is 4.39 Å². The number of allylic oxidation sites excluding steroid dienone is 1. The number of carbonyl (C=O) groups excluding carboxylic acids is 2. The first-order valence-electron chi connectivity index (χ1n) is 9.68. The Kier molecular flexibility index (Phi) is 5.77. The van der Waals surface area contributed by atoms with Crippen LogP contribution in [-0.2, 0) is 11.3 Å². The van der Waals surface area contributed by atoms with Crippen molar-refractivity contribution in [1.29, 1.82) is 0 Å². The molecule has 150 valence electrons. The summed E-state index contributed by atoms with van der Waals surface area (Å²) < 4.78 is 14.3. The van der Waals surface area contributed by atoms with Gasteiger partial charge in [-0.15, -0.1) is 0 Å². The average molecular weight is 420 g/mol. The molecular formula is C25H19ClFNO2. The first kappa shape index (κ1) is 20.0. The number of hydrogen-bond acceptors (Lipinski definition) is 2.